The number of benzene rings is 2. The molecule has 0 radical (unpaired) electrons. The summed E-state index contributed by atoms with van der Waals surface area (Å²) in [6.45, 7) is 11.4. The molecular weight excluding hydrogens is 555 g/mol. The van der Waals surface area contributed by atoms with Crippen molar-refractivity contribution in [2.24, 2.45) is 9.98 Å². The molecule has 0 bridgehead atoms. The minimum Gasteiger partial charge on any atom is -0.255 e. The first-order valence-electron chi connectivity index (χ1n) is 17.5. The van der Waals surface area contributed by atoms with Crippen molar-refractivity contribution in [3.05, 3.63) is 58.7 Å². The quantitative estimate of drug-likeness (QED) is 0.0673. The number of aliphatic imine (C=N–C) groups is 2. The van der Waals surface area contributed by atoms with Crippen molar-refractivity contribution in [2.45, 2.75) is 163 Å². The van der Waals surface area contributed by atoms with Gasteiger partial charge in [0.15, 0.2) is 0 Å². The van der Waals surface area contributed by atoms with Crippen LogP contribution >= 0.6 is 0 Å². The van der Waals surface area contributed by atoms with E-state index in [0.29, 0.717) is 0 Å². The largest absolute Gasteiger partial charge is 0.255 e. The summed E-state index contributed by atoms with van der Waals surface area (Å²) >= 11 is 0. The van der Waals surface area contributed by atoms with Gasteiger partial charge in [-0.25, -0.2) is 0 Å². The number of hydrogen-bond donors (Lipinski definition) is 0. The Morgan fingerprint density at radius 1 is 0.500 bits per heavy atom. The van der Waals surface area contributed by atoms with Crippen LogP contribution in [-0.4, -0.2) is 11.9 Å². The van der Waals surface area contributed by atoms with Crippen molar-refractivity contribution in [1.29, 1.82) is 0 Å². The molecular formula is C39H62N2Ni. The molecule has 0 heterocycles. The van der Waals surface area contributed by atoms with E-state index in [0.717, 1.165) is 23.5 Å². The van der Waals surface area contributed by atoms with Crippen LogP contribution in [0.1, 0.15) is 160 Å². The van der Waals surface area contributed by atoms with Crippen molar-refractivity contribution in [3.63, 3.8) is 0 Å². The van der Waals surface area contributed by atoms with E-state index < -0.39 is 0 Å². The Bertz CT molecular complexity index is 1020. The Balaban J connectivity index is 0.00000882. The first kappa shape index (κ1) is 38.3. The molecule has 42 heavy (non-hydrogen) atoms. The monoisotopic (exact) mass is 616 g/mol. The van der Waals surface area contributed by atoms with Crippen LogP contribution < -0.4 is 0 Å². The first-order valence-corrected chi connectivity index (χ1v) is 17.5. The Labute approximate surface area is 270 Å². The molecule has 0 saturated carbocycles. The Hall–Kier alpha value is -1.73. The van der Waals surface area contributed by atoms with Crippen LogP contribution in [0, 0.1) is 0 Å². The first-order chi connectivity index (χ1) is 20.1. The van der Waals surface area contributed by atoms with Gasteiger partial charge in [-0.3, -0.25) is 9.98 Å². The molecule has 0 N–H and O–H groups in total. The Morgan fingerprint density at radius 3 is 1.38 bits per heavy atom. The molecule has 2 nitrogen and oxygen atoms in total. The third kappa shape index (κ3) is 15.7. The van der Waals surface area contributed by atoms with Gasteiger partial charge in [0.25, 0.3) is 0 Å². The third-order valence-corrected chi connectivity index (χ3v) is 8.25. The van der Waals surface area contributed by atoms with Gasteiger partial charge in [0.1, 0.15) is 0 Å². The third-order valence-electron chi connectivity index (χ3n) is 8.25. The predicted molar refractivity (Wildman–Crippen MR) is 185 cm³/mol. The van der Waals surface area contributed by atoms with Crippen molar-refractivity contribution in [3.8, 4) is 0 Å². The van der Waals surface area contributed by atoms with E-state index in [-0.39, 0.29) is 16.5 Å². The molecule has 2 aromatic carbocycles. The smallest absolute Gasteiger partial charge is 0.0636 e. The fourth-order valence-electron chi connectivity index (χ4n) is 5.61. The van der Waals surface area contributed by atoms with Crippen molar-refractivity contribution < 1.29 is 16.5 Å². The molecule has 0 atom stereocenters. The van der Waals surface area contributed by atoms with Gasteiger partial charge in [0.2, 0.25) is 0 Å². The van der Waals surface area contributed by atoms with E-state index in [1.807, 2.05) is 0 Å². The van der Waals surface area contributed by atoms with E-state index >= 15 is 0 Å². The average molecular weight is 618 g/mol. The summed E-state index contributed by atoms with van der Waals surface area (Å²) in [5.74, 6) is 0. The maximum atomic E-state index is 5.19. The van der Waals surface area contributed by atoms with E-state index in [1.54, 1.807) is 0 Å². The van der Waals surface area contributed by atoms with Gasteiger partial charge in [0, 0.05) is 22.7 Å². The summed E-state index contributed by atoms with van der Waals surface area (Å²) in [4.78, 5) is 10.2. The summed E-state index contributed by atoms with van der Waals surface area (Å²) < 4.78 is 0. The molecule has 0 saturated heterocycles. The summed E-state index contributed by atoms with van der Waals surface area (Å²) in [5, 5.41) is 0. The fourth-order valence-corrected chi connectivity index (χ4v) is 5.61. The normalized spacial score (nSPS) is 11.8. The van der Waals surface area contributed by atoms with Gasteiger partial charge in [0.05, 0.1) is 17.1 Å². The zero-order valence-corrected chi connectivity index (χ0v) is 28.9. The minimum atomic E-state index is 0. The minimum absolute atomic E-state index is 0. The second kappa shape index (κ2) is 24.7. The van der Waals surface area contributed by atoms with Crippen LogP contribution in [0.5, 0.6) is 0 Å². The zero-order chi connectivity index (χ0) is 29.5. The summed E-state index contributed by atoms with van der Waals surface area (Å²) in [7, 11) is 0. The van der Waals surface area contributed by atoms with E-state index in [4.69, 9.17) is 9.98 Å². The SMILES string of the molecule is CCCCCC(/C=N/c1ccc(CCCCC)c(CCCCC)c1)=N\c1ccc(CCCCC)c(CCCCC)c1.[Ni]. The van der Waals surface area contributed by atoms with Crippen molar-refractivity contribution in [2.75, 3.05) is 0 Å². The van der Waals surface area contributed by atoms with Crippen LogP contribution in [-0.2, 0) is 42.2 Å². The second-order valence-electron chi connectivity index (χ2n) is 12.1. The molecule has 2 rings (SSSR count). The molecule has 2 aromatic rings. The molecule has 0 unspecified atom stereocenters. The van der Waals surface area contributed by atoms with E-state index in [9.17, 15) is 0 Å². The topological polar surface area (TPSA) is 24.7 Å². The number of nitrogens with zero attached hydrogens (tertiary/aromatic N) is 2. The predicted octanol–water partition coefficient (Wildman–Crippen LogP) is 12.7. The summed E-state index contributed by atoms with van der Waals surface area (Å²) in [6.07, 6.45) is 26.8. The van der Waals surface area contributed by atoms with Gasteiger partial charge in [-0.2, -0.15) is 0 Å². The number of hydrogen-bond acceptors (Lipinski definition) is 2. The molecule has 0 aliphatic rings. The van der Waals surface area contributed by atoms with Gasteiger partial charge in [-0.05, 0) is 111 Å². The summed E-state index contributed by atoms with van der Waals surface area (Å²) in [6, 6.07) is 13.9. The molecule has 0 aliphatic heterocycles. The molecule has 0 aromatic heterocycles. The standard InChI is InChI=1S/C39H62N2.Ni/c1-6-11-16-21-33-26-28-37(30-35(33)23-18-13-8-3)40-32-39(25-20-15-10-5)41-38-29-27-34(22-17-12-7-2)36(31-38)24-19-14-9-4;/h26-32H,6-25H2,1-5H3;/b40-32+,41-39+;. The molecule has 0 aliphatic carbocycles. The van der Waals surface area contributed by atoms with Crippen LogP contribution in [0.2, 0.25) is 0 Å². The maximum Gasteiger partial charge on any atom is 0.0636 e. The maximum absolute atomic E-state index is 5.19. The van der Waals surface area contributed by atoms with Crippen LogP contribution in [0.15, 0.2) is 46.4 Å². The average Bonchev–Trinajstić information content (AvgIpc) is 2.98. The van der Waals surface area contributed by atoms with Crippen LogP contribution in [0.4, 0.5) is 11.4 Å². The second-order valence-corrected chi connectivity index (χ2v) is 12.1. The number of aryl methyl sites for hydroxylation is 4. The molecule has 238 valence electrons. The van der Waals surface area contributed by atoms with Crippen molar-refractivity contribution >= 4 is 23.3 Å². The van der Waals surface area contributed by atoms with Gasteiger partial charge >= 0.3 is 0 Å². The Kier molecular flexibility index (Phi) is 22.5. The summed E-state index contributed by atoms with van der Waals surface area (Å²) in [5.41, 5.74) is 9.35. The molecule has 0 fully saturated rings. The van der Waals surface area contributed by atoms with E-state index in [1.165, 1.54) is 144 Å². The fraction of sp³-hybridized carbons (Fsp3) is 0.641. The van der Waals surface area contributed by atoms with Gasteiger partial charge in [-0.15, -0.1) is 0 Å². The zero-order valence-electron chi connectivity index (χ0n) is 27.9. The van der Waals surface area contributed by atoms with Crippen LogP contribution in [0.25, 0.3) is 0 Å². The van der Waals surface area contributed by atoms with Gasteiger partial charge < -0.3 is 0 Å². The molecule has 0 spiro atoms. The van der Waals surface area contributed by atoms with Gasteiger partial charge in [-0.1, -0.05) is 111 Å². The Morgan fingerprint density at radius 2 is 0.905 bits per heavy atom. The molecule has 0 amide bonds. The van der Waals surface area contributed by atoms with Crippen molar-refractivity contribution in [1.82, 2.24) is 0 Å². The number of rotatable bonds is 23. The number of unbranched alkanes of at least 4 members (excludes halogenated alkanes) is 10. The van der Waals surface area contributed by atoms with Crippen LogP contribution in [0.3, 0.4) is 0 Å². The van der Waals surface area contributed by atoms with E-state index in [2.05, 4.69) is 77.2 Å². The molecule has 3 heteroatoms.